The van der Waals surface area contributed by atoms with Crippen molar-refractivity contribution in [3.8, 4) is 0 Å². The van der Waals surface area contributed by atoms with Gasteiger partial charge in [-0.05, 0) is 36.5 Å². The lowest BCUT2D eigenvalue weighted by atomic mass is 9.72. The highest BCUT2D eigenvalue weighted by molar-refractivity contribution is 4.78. The Hall–Kier alpha value is 0. The van der Waals surface area contributed by atoms with Gasteiger partial charge in [-0.15, -0.1) is 0 Å². The van der Waals surface area contributed by atoms with E-state index in [0.29, 0.717) is 0 Å². The summed E-state index contributed by atoms with van der Waals surface area (Å²) in [5.41, 5.74) is 0. The Balaban J connectivity index is 0.000000829. The maximum Gasteiger partial charge on any atom is -0.0386 e. The largest absolute Gasteiger partial charge is 0.0683 e. The van der Waals surface area contributed by atoms with E-state index >= 15 is 0 Å². The third-order valence-corrected chi connectivity index (χ3v) is 5.27. The molecule has 2 saturated carbocycles. The molecule has 20 heavy (non-hydrogen) atoms. The quantitative estimate of drug-likeness (QED) is 0.468. The third kappa shape index (κ3) is 7.70. The van der Waals surface area contributed by atoms with Crippen LogP contribution in [0.15, 0.2) is 0 Å². The summed E-state index contributed by atoms with van der Waals surface area (Å²) in [5, 5.41) is 0. The maximum atomic E-state index is 2.45. The molecular formula is C20H42. The molecule has 0 heterocycles. The van der Waals surface area contributed by atoms with E-state index < -0.39 is 0 Å². The van der Waals surface area contributed by atoms with Gasteiger partial charge in [-0.2, -0.15) is 0 Å². The summed E-state index contributed by atoms with van der Waals surface area (Å²) < 4.78 is 0. The molecule has 0 aromatic rings. The molecule has 0 aromatic heterocycles. The zero-order valence-corrected chi connectivity index (χ0v) is 15.4. The molecule has 0 bridgehead atoms. The average molecular weight is 283 g/mol. The van der Waals surface area contributed by atoms with Gasteiger partial charge in [0.2, 0.25) is 0 Å². The first-order chi connectivity index (χ1) is 9.75. The second kappa shape index (κ2) is 12.7. The van der Waals surface area contributed by atoms with E-state index in [1.165, 1.54) is 38.5 Å². The van der Waals surface area contributed by atoms with Gasteiger partial charge in [0.15, 0.2) is 0 Å². The summed E-state index contributed by atoms with van der Waals surface area (Å²) in [5.74, 6) is 4.22. The van der Waals surface area contributed by atoms with Gasteiger partial charge in [0.1, 0.15) is 0 Å². The van der Waals surface area contributed by atoms with Crippen LogP contribution in [0, 0.1) is 23.7 Å². The van der Waals surface area contributed by atoms with E-state index in [1.54, 1.807) is 25.7 Å². The highest BCUT2D eigenvalue weighted by Crippen LogP contribution is 2.39. The molecule has 2 fully saturated rings. The highest BCUT2D eigenvalue weighted by Gasteiger charge is 2.26. The van der Waals surface area contributed by atoms with Crippen molar-refractivity contribution in [2.45, 2.75) is 106 Å². The average Bonchev–Trinajstić information content (AvgIpc) is 2.48. The zero-order valence-electron chi connectivity index (χ0n) is 15.4. The SMILES string of the molecule is CC.CC.CC1CCCC(C2CCC(C)CC2)CCC1. The molecule has 0 radical (unpaired) electrons. The van der Waals surface area contributed by atoms with Crippen LogP contribution in [0.3, 0.4) is 0 Å². The molecular weight excluding hydrogens is 240 g/mol. The lowest BCUT2D eigenvalue weighted by Crippen LogP contribution is -2.22. The molecule has 0 aliphatic heterocycles. The van der Waals surface area contributed by atoms with Crippen molar-refractivity contribution in [2.75, 3.05) is 0 Å². The Bertz CT molecular complexity index is 178. The summed E-state index contributed by atoms with van der Waals surface area (Å²) in [6.45, 7) is 12.9. The van der Waals surface area contributed by atoms with Crippen LogP contribution in [0.25, 0.3) is 0 Å². The van der Waals surface area contributed by atoms with Gasteiger partial charge in [-0.3, -0.25) is 0 Å². The third-order valence-electron chi connectivity index (χ3n) is 5.27. The molecule has 0 atom stereocenters. The van der Waals surface area contributed by atoms with E-state index in [2.05, 4.69) is 13.8 Å². The second-order valence-electron chi connectivity index (χ2n) is 6.75. The van der Waals surface area contributed by atoms with Crippen LogP contribution in [0.4, 0.5) is 0 Å². The summed E-state index contributed by atoms with van der Waals surface area (Å²) in [4.78, 5) is 0. The Morgan fingerprint density at radius 1 is 0.450 bits per heavy atom. The van der Waals surface area contributed by atoms with Crippen molar-refractivity contribution < 1.29 is 0 Å². The van der Waals surface area contributed by atoms with Crippen molar-refractivity contribution in [2.24, 2.45) is 23.7 Å². The minimum atomic E-state index is 1.01. The second-order valence-corrected chi connectivity index (χ2v) is 6.75. The van der Waals surface area contributed by atoms with Crippen LogP contribution < -0.4 is 0 Å². The Morgan fingerprint density at radius 2 is 0.800 bits per heavy atom. The highest BCUT2D eigenvalue weighted by atomic mass is 14.3. The van der Waals surface area contributed by atoms with E-state index in [-0.39, 0.29) is 0 Å². The molecule has 2 aliphatic carbocycles. The van der Waals surface area contributed by atoms with Gasteiger partial charge in [0, 0.05) is 0 Å². The topological polar surface area (TPSA) is 0 Å². The van der Waals surface area contributed by atoms with Gasteiger partial charge in [-0.25, -0.2) is 0 Å². The normalized spacial score (nSPS) is 34.5. The monoisotopic (exact) mass is 282 g/mol. The molecule has 0 unspecified atom stereocenters. The van der Waals surface area contributed by atoms with Gasteiger partial charge in [0.25, 0.3) is 0 Å². The molecule has 0 amide bonds. The standard InChI is InChI=1S/C16H30.2C2H6/c1-13-5-3-7-15(8-4-6-13)16-11-9-14(2)10-12-16;2*1-2/h13-16H,3-12H2,1-2H3;2*1-2H3. The van der Waals surface area contributed by atoms with Crippen LogP contribution in [-0.4, -0.2) is 0 Å². The van der Waals surface area contributed by atoms with Crippen LogP contribution in [-0.2, 0) is 0 Å². The van der Waals surface area contributed by atoms with Crippen LogP contribution >= 0.6 is 0 Å². The van der Waals surface area contributed by atoms with Crippen molar-refractivity contribution in [3.05, 3.63) is 0 Å². The first-order valence-electron chi connectivity index (χ1n) is 9.75. The predicted molar refractivity (Wildman–Crippen MR) is 94.2 cm³/mol. The van der Waals surface area contributed by atoms with Crippen molar-refractivity contribution in [1.29, 1.82) is 0 Å². The fourth-order valence-corrected chi connectivity index (χ4v) is 3.97. The first-order valence-corrected chi connectivity index (χ1v) is 9.75. The lowest BCUT2D eigenvalue weighted by molar-refractivity contribution is 0.176. The summed E-state index contributed by atoms with van der Waals surface area (Å²) >= 11 is 0. The smallest absolute Gasteiger partial charge is 0.0386 e. The Labute approximate surface area is 130 Å². The van der Waals surface area contributed by atoms with E-state index in [0.717, 1.165) is 23.7 Å². The molecule has 122 valence electrons. The minimum absolute atomic E-state index is 1.01. The van der Waals surface area contributed by atoms with E-state index in [1.807, 2.05) is 27.7 Å². The van der Waals surface area contributed by atoms with Crippen LogP contribution in [0.1, 0.15) is 106 Å². The van der Waals surface area contributed by atoms with Gasteiger partial charge >= 0.3 is 0 Å². The molecule has 0 saturated heterocycles. The molecule has 0 spiro atoms. The summed E-state index contributed by atoms with van der Waals surface area (Å²) in [7, 11) is 0. The Kier molecular flexibility index (Phi) is 12.7. The number of hydrogen-bond acceptors (Lipinski definition) is 0. The molecule has 0 N–H and O–H groups in total. The van der Waals surface area contributed by atoms with Crippen LogP contribution in [0.2, 0.25) is 0 Å². The Morgan fingerprint density at radius 3 is 1.25 bits per heavy atom. The summed E-state index contributed by atoms with van der Waals surface area (Å²) in [6, 6.07) is 0. The van der Waals surface area contributed by atoms with Crippen LogP contribution in [0.5, 0.6) is 0 Å². The fourth-order valence-electron chi connectivity index (χ4n) is 3.97. The summed E-state index contributed by atoms with van der Waals surface area (Å²) in [6.07, 6.45) is 15.2. The molecule has 2 rings (SSSR count). The number of rotatable bonds is 1. The molecule has 0 aromatic carbocycles. The van der Waals surface area contributed by atoms with E-state index in [9.17, 15) is 0 Å². The fraction of sp³-hybridized carbons (Fsp3) is 1.00. The number of hydrogen-bond donors (Lipinski definition) is 0. The molecule has 0 nitrogen and oxygen atoms in total. The van der Waals surface area contributed by atoms with Gasteiger partial charge < -0.3 is 0 Å². The maximum absolute atomic E-state index is 2.45. The molecule has 2 aliphatic rings. The zero-order chi connectivity index (χ0) is 15.4. The minimum Gasteiger partial charge on any atom is -0.0683 e. The van der Waals surface area contributed by atoms with Crippen molar-refractivity contribution in [1.82, 2.24) is 0 Å². The lowest BCUT2D eigenvalue weighted by Gasteiger charge is -2.34. The van der Waals surface area contributed by atoms with E-state index in [4.69, 9.17) is 0 Å². The van der Waals surface area contributed by atoms with Gasteiger partial charge in [-0.1, -0.05) is 92.9 Å². The first kappa shape index (κ1) is 20.0. The van der Waals surface area contributed by atoms with Gasteiger partial charge in [0.05, 0.1) is 0 Å². The molecule has 0 heteroatoms. The predicted octanol–water partition coefficient (Wildman–Crippen LogP) is 7.47. The van der Waals surface area contributed by atoms with Crippen molar-refractivity contribution in [3.63, 3.8) is 0 Å². The van der Waals surface area contributed by atoms with Crippen molar-refractivity contribution >= 4 is 0 Å².